The van der Waals surface area contributed by atoms with Crippen molar-refractivity contribution in [1.82, 2.24) is 19.5 Å². The van der Waals surface area contributed by atoms with Gasteiger partial charge in [0.2, 0.25) is 5.60 Å². The molecule has 6 N–H and O–H groups in total. The van der Waals surface area contributed by atoms with Gasteiger partial charge in [-0.15, -0.1) is 6.42 Å². The van der Waals surface area contributed by atoms with Crippen LogP contribution in [0.1, 0.15) is 11.9 Å². The van der Waals surface area contributed by atoms with Crippen molar-refractivity contribution in [1.29, 1.82) is 0 Å². The molecule has 21 heteroatoms. The van der Waals surface area contributed by atoms with Crippen molar-refractivity contribution >= 4 is 34.6 Å². The molecule has 34 heavy (non-hydrogen) atoms. The second kappa shape index (κ2) is 8.77. The van der Waals surface area contributed by atoms with E-state index in [0.717, 1.165) is 17.2 Å². The molecular weight excluding hydrogens is 532 g/mol. The predicted molar refractivity (Wildman–Crippen MR) is 104 cm³/mol. The topological polar surface area (TPSA) is 253 Å². The van der Waals surface area contributed by atoms with Gasteiger partial charge in [0.1, 0.15) is 18.5 Å². The molecule has 188 valence electrons. The lowest BCUT2D eigenvalue weighted by molar-refractivity contribution is -0.203. The van der Waals surface area contributed by atoms with Crippen molar-refractivity contribution in [2.24, 2.45) is 0 Å². The molecule has 3 rings (SSSR count). The third-order valence-electron chi connectivity index (χ3n) is 4.38. The Morgan fingerprint density at radius 2 is 1.85 bits per heavy atom. The molecule has 2 aromatic rings. The summed E-state index contributed by atoms with van der Waals surface area (Å²) in [5, 5.41) is 21.1. The molecule has 0 saturated carbocycles. The fourth-order valence-corrected chi connectivity index (χ4v) is 5.98. The van der Waals surface area contributed by atoms with Crippen molar-refractivity contribution in [3.8, 4) is 12.3 Å². The number of aliphatic hydroxyl groups excluding tert-OH is 1. The van der Waals surface area contributed by atoms with Gasteiger partial charge in [-0.25, -0.2) is 33.0 Å². The fraction of sp³-hybridized carbons (Fsp3) is 0.462. The number of hydrogen-bond acceptors (Lipinski definition) is 12. The molecule has 2 unspecified atom stereocenters. The minimum atomic E-state index is -5.88. The van der Waals surface area contributed by atoms with Gasteiger partial charge in [0.05, 0.1) is 12.0 Å². The van der Waals surface area contributed by atoms with E-state index in [0.29, 0.717) is 5.69 Å². The van der Waals surface area contributed by atoms with E-state index in [9.17, 15) is 28.8 Å². The Labute approximate surface area is 188 Å². The molecule has 0 bridgehead atoms. The number of aromatic nitrogens is 4. The first-order valence-electron chi connectivity index (χ1n) is 8.60. The number of rotatable bonds is 8. The average molecular weight is 548 g/mol. The van der Waals surface area contributed by atoms with Crippen LogP contribution in [-0.2, 0) is 31.6 Å². The maximum Gasteiger partial charge on any atom is 0.490 e. The lowest BCUT2D eigenvalue weighted by atomic mass is 9.94. The molecule has 0 aromatic carbocycles. The highest BCUT2D eigenvalue weighted by Crippen LogP contribution is 2.66. The number of phosphoric acid groups is 3. The number of phosphoric ester groups is 1. The zero-order valence-electron chi connectivity index (χ0n) is 16.6. The molecule has 1 aliphatic rings. The summed E-state index contributed by atoms with van der Waals surface area (Å²) in [6.45, 7) is -0.166. The summed E-state index contributed by atoms with van der Waals surface area (Å²) in [5.74, 6) is -1.77. The Balaban J connectivity index is 1.86. The van der Waals surface area contributed by atoms with Crippen LogP contribution in [0.4, 0.5) is 4.39 Å². The minimum Gasteiger partial charge on any atom is -0.383 e. The van der Waals surface area contributed by atoms with Gasteiger partial charge in [-0.2, -0.15) is 8.62 Å². The lowest BCUT2D eigenvalue weighted by Gasteiger charge is -2.26. The summed E-state index contributed by atoms with van der Waals surface area (Å²) < 4.78 is 66.5. The molecule has 0 spiro atoms. The summed E-state index contributed by atoms with van der Waals surface area (Å²) in [7, 11) is -17.3. The van der Waals surface area contributed by atoms with E-state index in [1.54, 1.807) is 12.8 Å². The first-order valence-corrected chi connectivity index (χ1v) is 13.1. The number of aliphatic hydroxyl groups is 2. The van der Waals surface area contributed by atoms with Crippen LogP contribution >= 0.6 is 23.5 Å². The summed E-state index contributed by atoms with van der Waals surface area (Å²) in [4.78, 5) is 47.5. The van der Waals surface area contributed by atoms with E-state index in [1.807, 2.05) is 0 Å². The number of ether oxygens (including phenoxy) is 1. The first-order chi connectivity index (χ1) is 15.4. The quantitative estimate of drug-likeness (QED) is 0.178. The van der Waals surface area contributed by atoms with E-state index >= 15 is 4.39 Å². The molecule has 0 amide bonds. The van der Waals surface area contributed by atoms with E-state index in [1.165, 1.54) is 0 Å². The van der Waals surface area contributed by atoms with Crippen molar-refractivity contribution in [3.05, 3.63) is 18.3 Å². The van der Waals surface area contributed by atoms with Crippen molar-refractivity contribution < 1.29 is 65.8 Å². The van der Waals surface area contributed by atoms with E-state index < -0.39 is 53.9 Å². The Morgan fingerprint density at radius 3 is 2.44 bits per heavy atom. The second-order valence-corrected chi connectivity index (χ2v) is 11.2. The third-order valence-corrected chi connectivity index (χ3v) is 8.16. The largest absolute Gasteiger partial charge is 0.490 e. The van der Waals surface area contributed by atoms with Gasteiger partial charge < -0.3 is 34.5 Å². The highest BCUT2D eigenvalue weighted by atomic mass is 31.3. The highest BCUT2D eigenvalue weighted by molar-refractivity contribution is 7.66. The third kappa shape index (κ3) is 5.27. The first kappa shape index (κ1) is 26.9. The monoisotopic (exact) mass is 548 g/mol. The summed E-state index contributed by atoms with van der Waals surface area (Å²) in [6.07, 6.45) is 2.88. The molecule has 17 nitrogen and oxygen atoms in total. The SMILES string of the molecule is C#C[C@]1(O)[C@H](n2cnc3c(C)ncnc32)O[C@](F)(COP(=O)(O)OP(=O)(O)OP(=O)(O)O)[C@H]1O. The number of terminal acetylenes is 1. The van der Waals surface area contributed by atoms with Gasteiger partial charge >= 0.3 is 23.5 Å². The van der Waals surface area contributed by atoms with E-state index in [4.69, 9.17) is 25.8 Å². The normalized spacial score (nSPS) is 31.1. The Hall–Kier alpha value is -1.67. The van der Waals surface area contributed by atoms with Crippen LogP contribution in [0.3, 0.4) is 0 Å². The molecular formula is C13H16FN4O13P3. The molecule has 0 radical (unpaired) electrons. The van der Waals surface area contributed by atoms with Crippen LogP contribution < -0.4 is 0 Å². The van der Waals surface area contributed by atoms with E-state index in [-0.39, 0.29) is 11.2 Å². The van der Waals surface area contributed by atoms with Crippen molar-refractivity contribution in [3.63, 3.8) is 0 Å². The molecule has 1 saturated heterocycles. The van der Waals surface area contributed by atoms with Crippen LogP contribution in [0.25, 0.3) is 11.2 Å². The molecule has 1 fully saturated rings. The van der Waals surface area contributed by atoms with Gasteiger partial charge in [0.25, 0.3) is 5.85 Å². The summed E-state index contributed by atoms with van der Waals surface area (Å²) in [6, 6.07) is 0. The highest BCUT2D eigenvalue weighted by Gasteiger charge is 2.65. The molecule has 3 heterocycles. The lowest BCUT2D eigenvalue weighted by Crippen LogP contribution is -2.50. The van der Waals surface area contributed by atoms with Gasteiger partial charge in [-0.05, 0) is 6.92 Å². The number of fused-ring (bicyclic) bond motifs is 1. The molecule has 0 aliphatic carbocycles. The minimum absolute atomic E-state index is 0.00973. The van der Waals surface area contributed by atoms with Crippen molar-refractivity contribution in [2.45, 2.75) is 30.7 Å². The maximum absolute atomic E-state index is 15.4. The van der Waals surface area contributed by atoms with Crippen LogP contribution in [0.2, 0.25) is 0 Å². The molecule has 1 aliphatic heterocycles. The Morgan fingerprint density at radius 1 is 1.21 bits per heavy atom. The number of imidazole rings is 1. The van der Waals surface area contributed by atoms with Gasteiger partial charge in [0, 0.05) is 0 Å². The fourth-order valence-electron chi connectivity index (χ4n) is 2.95. The average Bonchev–Trinajstić information content (AvgIpc) is 3.19. The summed E-state index contributed by atoms with van der Waals surface area (Å²) >= 11 is 0. The zero-order chi connectivity index (χ0) is 25.7. The summed E-state index contributed by atoms with van der Waals surface area (Å²) in [5.41, 5.74) is -2.20. The zero-order valence-corrected chi connectivity index (χ0v) is 19.3. The van der Waals surface area contributed by atoms with Crippen LogP contribution in [0.15, 0.2) is 12.7 Å². The smallest absolute Gasteiger partial charge is 0.383 e. The Bertz CT molecular complexity index is 1290. The number of nitrogens with zero attached hydrogens (tertiary/aromatic N) is 4. The maximum atomic E-state index is 15.4. The van der Waals surface area contributed by atoms with Crippen LogP contribution in [-0.4, -0.2) is 73.5 Å². The Kier molecular flexibility index (Phi) is 6.94. The number of hydrogen-bond donors (Lipinski definition) is 6. The van der Waals surface area contributed by atoms with Gasteiger partial charge in [-0.3, -0.25) is 9.09 Å². The van der Waals surface area contributed by atoms with Crippen LogP contribution in [0.5, 0.6) is 0 Å². The van der Waals surface area contributed by atoms with E-state index in [2.05, 4.69) is 28.1 Å². The van der Waals surface area contributed by atoms with Crippen LogP contribution in [0, 0.1) is 19.3 Å². The molecule has 6 atom stereocenters. The number of alkyl halides is 1. The number of halogens is 1. The van der Waals surface area contributed by atoms with Crippen molar-refractivity contribution in [2.75, 3.05) is 6.61 Å². The van der Waals surface area contributed by atoms with Gasteiger partial charge in [0.15, 0.2) is 18.0 Å². The van der Waals surface area contributed by atoms with Gasteiger partial charge in [-0.1, -0.05) is 5.92 Å². The standard InChI is InChI=1S/C13H16FN4O13P3/c1-3-12(20)10(19)13(14,4-28-33(24,25)31-34(26,27)30-32(21,22)23)29-11(12)18-6-17-8-7(2)15-5-16-9(8)18/h1,5-6,10-11,19-20H,4H2,2H3,(H,24,25)(H,26,27)(H2,21,22,23)/t10-,11+,12+,13+/m0/s1. The molecule has 2 aromatic heterocycles. The number of aryl methyl sites for hydroxylation is 1. The predicted octanol–water partition coefficient (Wildman–Crippen LogP) is -0.602. The second-order valence-electron chi connectivity index (χ2n) is 6.78.